The molecular formula is C9H10O3. The molecule has 1 aromatic rings. The highest BCUT2D eigenvalue weighted by molar-refractivity contribution is 5.70. The molecule has 1 rings (SSSR count). The number of carboxylic acids is 1. The Morgan fingerprint density at radius 1 is 1.67 bits per heavy atom. The van der Waals surface area contributed by atoms with Gasteiger partial charge >= 0.3 is 5.97 Å². The van der Waals surface area contributed by atoms with E-state index in [9.17, 15) is 4.79 Å². The normalized spacial score (nSPS) is 10.8. The van der Waals surface area contributed by atoms with Crippen molar-refractivity contribution in [3.05, 3.63) is 29.7 Å². The van der Waals surface area contributed by atoms with E-state index >= 15 is 0 Å². The Bertz CT molecular complexity index is 296. The number of hydrogen-bond acceptors (Lipinski definition) is 2. The number of aryl methyl sites for hydroxylation is 1. The first-order valence-electron chi connectivity index (χ1n) is 3.63. The van der Waals surface area contributed by atoms with Gasteiger partial charge in [0.05, 0.1) is 6.42 Å². The zero-order valence-electron chi connectivity index (χ0n) is 6.78. The fourth-order valence-electron chi connectivity index (χ4n) is 0.819. The van der Waals surface area contributed by atoms with Crippen LogP contribution >= 0.6 is 0 Å². The van der Waals surface area contributed by atoms with Gasteiger partial charge < -0.3 is 9.52 Å². The summed E-state index contributed by atoms with van der Waals surface area (Å²) in [6.07, 6.45) is 3.24. The van der Waals surface area contributed by atoms with Crippen LogP contribution in [-0.2, 0) is 4.79 Å². The van der Waals surface area contributed by atoms with Crippen molar-refractivity contribution in [1.82, 2.24) is 0 Å². The largest absolute Gasteiger partial charge is 0.481 e. The van der Waals surface area contributed by atoms with Gasteiger partial charge in [-0.1, -0.05) is 6.08 Å². The van der Waals surface area contributed by atoms with Crippen LogP contribution in [0.3, 0.4) is 0 Å². The third kappa shape index (κ3) is 2.62. The molecule has 0 aliphatic rings. The van der Waals surface area contributed by atoms with Gasteiger partial charge in [-0.2, -0.15) is 0 Å². The van der Waals surface area contributed by atoms with Crippen LogP contribution in [0.4, 0.5) is 0 Å². The van der Waals surface area contributed by atoms with Crippen LogP contribution in [0, 0.1) is 6.92 Å². The minimum Gasteiger partial charge on any atom is -0.481 e. The van der Waals surface area contributed by atoms with Crippen LogP contribution in [0.5, 0.6) is 0 Å². The summed E-state index contributed by atoms with van der Waals surface area (Å²) in [5.74, 6) is 0.674. The maximum absolute atomic E-state index is 10.1. The highest BCUT2D eigenvalue weighted by atomic mass is 16.4. The summed E-state index contributed by atoms with van der Waals surface area (Å²) >= 11 is 0. The second-order valence-electron chi connectivity index (χ2n) is 2.45. The fourth-order valence-corrected chi connectivity index (χ4v) is 0.819. The third-order valence-corrected chi connectivity index (χ3v) is 1.34. The highest BCUT2D eigenvalue weighted by Gasteiger charge is 1.93. The van der Waals surface area contributed by atoms with E-state index in [1.807, 2.05) is 13.0 Å². The summed E-state index contributed by atoms with van der Waals surface area (Å²) < 4.78 is 5.19. The summed E-state index contributed by atoms with van der Waals surface area (Å²) in [6.45, 7) is 1.84. The van der Waals surface area contributed by atoms with Gasteiger partial charge in [0.1, 0.15) is 11.5 Å². The van der Waals surface area contributed by atoms with Crippen molar-refractivity contribution in [2.75, 3.05) is 0 Å². The van der Waals surface area contributed by atoms with Gasteiger partial charge in [-0.25, -0.2) is 0 Å². The van der Waals surface area contributed by atoms with Gasteiger partial charge in [0, 0.05) is 0 Å². The van der Waals surface area contributed by atoms with E-state index in [-0.39, 0.29) is 6.42 Å². The van der Waals surface area contributed by atoms with E-state index in [4.69, 9.17) is 9.52 Å². The van der Waals surface area contributed by atoms with Crippen LogP contribution in [0.1, 0.15) is 17.9 Å². The molecule has 0 saturated carbocycles. The monoisotopic (exact) mass is 166 g/mol. The molecule has 0 spiro atoms. The Balaban J connectivity index is 2.52. The van der Waals surface area contributed by atoms with Gasteiger partial charge in [0.15, 0.2) is 0 Å². The first-order chi connectivity index (χ1) is 5.68. The lowest BCUT2D eigenvalue weighted by Crippen LogP contribution is -1.89. The van der Waals surface area contributed by atoms with Gasteiger partial charge in [-0.3, -0.25) is 4.79 Å². The summed E-state index contributed by atoms with van der Waals surface area (Å²) in [6, 6.07) is 3.63. The molecular weight excluding hydrogens is 156 g/mol. The fraction of sp³-hybridized carbons (Fsp3) is 0.222. The van der Waals surface area contributed by atoms with Gasteiger partial charge in [0.2, 0.25) is 0 Å². The van der Waals surface area contributed by atoms with Crippen molar-refractivity contribution in [2.24, 2.45) is 0 Å². The van der Waals surface area contributed by atoms with Crippen molar-refractivity contribution in [1.29, 1.82) is 0 Å². The summed E-state index contributed by atoms with van der Waals surface area (Å²) in [7, 11) is 0. The predicted molar refractivity (Wildman–Crippen MR) is 44.7 cm³/mol. The minimum absolute atomic E-state index is 0.0275. The standard InChI is InChI=1S/C9H10O3/c1-7-5-6-8(12-7)3-2-4-9(10)11/h2-3,5-6H,4H2,1H3,(H,10,11)/b3-2+. The molecule has 3 heteroatoms. The van der Waals surface area contributed by atoms with Crippen LogP contribution in [0.25, 0.3) is 6.08 Å². The molecule has 0 fully saturated rings. The lowest BCUT2D eigenvalue weighted by atomic mass is 10.3. The molecule has 0 bridgehead atoms. The molecule has 3 nitrogen and oxygen atoms in total. The maximum atomic E-state index is 10.1. The Labute approximate surface area is 70.3 Å². The van der Waals surface area contributed by atoms with Crippen molar-refractivity contribution < 1.29 is 14.3 Å². The average Bonchev–Trinajstić information content (AvgIpc) is 2.35. The molecule has 0 aromatic carbocycles. The third-order valence-electron chi connectivity index (χ3n) is 1.34. The van der Waals surface area contributed by atoms with Crippen molar-refractivity contribution in [3.63, 3.8) is 0 Å². The SMILES string of the molecule is Cc1ccc(/C=C/CC(=O)O)o1. The average molecular weight is 166 g/mol. The second kappa shape index (κ2) is 3.76. The van der Waals surface area contributed by atoms with Crippen molar-refractivity contribution in [3.8, 4) is 0 Å². The highest BCUT2D eigenvalue weighted by Crippen LogP contribution is 2.07. The van der Waals surface area contributed by atoms with Crippen molar-refractivity contribution >= 4 is 12.0 Å². The molecule has 0 aliphatic heterocycles. The Kier molecular flexibility index (Phi) is 2.69. The van der Waals surface area contributed by atoms with Crippen molar-refractivity contribution in [2.45, 2.75) is 13.3 Å². The summed E-state index contributed by atoms with van der Waals surface area (Å²) in [5, 5.41) is 8.31. The molecule has 1 aromatic heterocycles. The second-order valence-corrected chi connectivity index (χ2v) is 2.45. The van der Waals surface area contributed by atoms with E-state index in [2.05, 4.69) is 0 Å². The van der Waals surface area contributed by atoms with Crippen LogP contribution in [0.15, 0.2) is 22.6 Å². The zero-order chi connectivity index (χ0) is 8.97. The summed E-state index contributed by atoms with van der Waals surface area (Å²) in [4.78, 5) is 10.1. The molecule has 0 amide bonds. The smallest absolute Gasteiger partial charge is 0.307 e. The molecule has 64 valence electrons. The maximum Gasteiger partial charge on any atom is 0.307 e. The number of carboxylic acid groups (broad SMARTS) is 1. The van der Waals surface area contributed by atoms with E-state index < -0.39 is 5.97 Å². The molecule has 12 heavy (non-hydrogen) atoms. The first-order valence-corrected chi connectivity index (χ1v) is 3.63. The molecule has 1 N–H and O–H groups in total. The number of carbonyl (C=O) groups is 1. The first kappa shape index (κ1) is 8.59. The van der Waals surface area contributed by atoms with E-state index in [1.165, 1.54) is 0 Å². The Morgan fingerprint density at radius 2 is 2.42 bits per heavy atom. The molecule has 0 radical (unpaired) electrons. The van der Waals surface area contributed by atoms with Gasteiger partial charge in [-0.15, -0.1) is 0 Å². The Hall–Kier alpha value is -1.51. The zero-order valence-corrected chi connectivity index (χ0v) is 6.78. The molecule has 0 unspecified atom stereocenters. The number of hydrogen-bond donors (Lipinski definition) is 1. The van der Waals surface area contributed by atoms with E-state index in [0.717, 1.165) is 5.76 Å². The van der Waals surface area contributed by atoms with E-state index in [0.29, 0.717) is 5.76 Å². The molecule has 0 atom stereocenters. The molecule has 0 saturated heterocycles. The molecule has 0 aliphatic carbocycles. The lowest BCUT2D eigenvalue weighted by molar-refractivity contribution is -0.135. The predicted octanol–water partition coefficient (Wildman–Crippen LogP) is 2.08. The topological polar surface area (TPSA) is 50.4 Å². The molecule has 1 heterocycles. The summed E-state index contributed by atoms with van der Waals surface area (Å²) in [5.41, 5.74) is 0. The Morgan fingerprint density at radius 3 is 2.92 bits per heavy atom. The van der Waals surface area contributed by atoms with E-state index in [1.54, 1.807) is 18.2 Å². The van der Waals surface area contributed by atoms with Crippen LogP contribution in [0.2, 0.25) is 0 Å². The number of furan rings is 1. The van der Waals surface area contributed by atoms with Gasteiger partial charge in [0.25, 0.3) is 0 Å². The minimum atomic E-state index is -0.838. The van der Waals surface area contributed by atoms with Crippen LogP contribution in [-0.4, -0.2) is 11.1 Å². The van der Waals surface area contributed by atoms with Gasteiger partial charge in [-0.05, 0) is 25.1 Å². The number of aliphatic carboxylic acids is 1. The number of rotatable bonds is 3. The lowest BCUT2D eigenvalue weighted by Gasteiger charge is -1.84. The quantitative estimate of drug-likeness (QED) is 0.747. The van der Waals surface area contributed by atoms with Crippen LogP contribution < -0.4 is 0 Å².